The molecular weight excluding hydrogens is 408 g/mol. The van der Waals surface area contributed by atoms with E-state index in [9.17, 15) is 9.59 Å². The number of amides is 2. The van der Waals surface area contributed by atoms with Gasteiger partial charge in [-0.05, 0) is 54.4 Å². The summed E-state index contributed by atoms with van der Waals surface area (Å²) in [5, 5.41) is 7.74. The third-order valence-electron chi connectivity index (χ3n) is 5.42. The van der Waals surface area contributed by atoms with Gasteiger partial charge in [-0.15, -0.1) is 11.3 Å². The molecule has 7 heteroatoms. The Hall–Kier alpha value is -3.16. The topological polar surface area (TPSA) is 64.7 Å². The second kappa shape index (κ2) is 9.76. The van der Waals surface area contributed by atoms with Crippen LogP contribution in [0, 0.1) is 0 Å². The smallest absolute Gasteiger partial charge is 0.265 e. The van der Waals surface area contributed by atoms with Gasteiger partial charge in [-0.3, -0.25) is 9.59 Å². The standard InChI is InChI=1S/C24H26N4O2S/c1-27-12-14-28(15-13-27)21-6-3-2-5-19(21)17-25-23(29)18-8-10-20(11-9-18)26-24(30)22-7-4-16-31-22/h2-11,16H,12-15,17H2,1H3,(H,25,29)(H,26,30). The predicted octanol–water partition coefficient (Wildman–Crippen LogP) is 3.68. The maximum Gasteiger partial charge on any atom is 0.265 e. The minimum Gasteiger partial charge on any atom is -0.369 e. The average Bonchev–Trinajstić information content (AvgIpc) is 3.34. The fraction of sp³-hybridized carbons (Fsp3) is 0.250. The van der Waals surface area contributed by atoms with Gasteiger partial charge in [-0.25, -0.2) is 0 Å². The number of nitrogens with one attached hydrogen (secondary N) is 2. The summed E-state index contributed by atoms with van der Waals surface area (Å²) >= 11 is 1.39. The highest BCUT2D eigenvalue weighted by atomic mass is 32.1. The first-order chi connectivity index (χ1) is 15.1. The highest BCUT2D eigenvalue weighted by molar-refractivity contribution is 7.12. The Kier molecular flexibility index (Phi) is 6.64. The van der Waals surface area contributed by atoms with Crippen LogP contribution in [0.5, 0.6) is 0 Å². The summed E-state index contributed by atoms with van der Waals surface area (Å²) in [6.45, 7) is 4.52. The summed E-state index contributed by atoms with van der Waals surface area (Å²) in [5.74, 6) is -0.281. The fourth-order valence-electron chi connectivity index (χ4n) is 3.60. The molecule has 1 saturated heterocycles. The first-order valence-electron chi connectivity index (χ1n) is 10.3. The lowest BCUT2D eigenvalue weighted by Crippen LogP contribution is -2.45. The number of thiophene rings is 1. The second-order valence-corrected chi connectivity index (χ2v) is 8.56. The number of para-hydroxylation sites is 1. The average molecular weight is 435 g/mol. The third-order valence-corrected chi connectivity index (χ3v) is 6.29. The van der Waals surface area contributed by atoms with Crippen molar-refractivity contribution in [3.05, 3.63) is 82.0 Å². The molecule has 0 radical (unpaired) electrons. The van der Waals surface area contributed by atoms with Crippen molar-refractivity contribution >= 4 is 34.5 Å². The molecule has 0 bridgehead atoms. The van der Waals surface area contributed by atoms with E-state index in [1.54, 1.807) is 30.3 Å². The van der Waals surface area contributed by atoms with Crippen LogP contribution in [0.4, 0.5) is 11.4 Å². The van der Waals surface area contributed by atoms with Gasteiger partial charge in [0.1, 0.15) is 0 Å². The molecule has 31 heavy (non-hydrogen) atoms. The lowest BCUT2D eigenvalue weighted by molar-refractivity contribution is 0.0950. The number of hydrogen-bond donors (Lipinski definition) is 2. The molecule has 2 heterocycles. The largest absolute Gasteiger partial charge is 0.369 e. The quantitative estimate of drug-likeness (QED) is 0.621. The summed E-state index contributed by atoms with van der Waals surface area (Å²) in [5.41, 5.74) is 3.52. The monoisotopic (exact) mass is 434 g/mol. The zero-order valence-electron chi connectivity index (χ0n) is 17.5. The lowest BCUT2D eigenvalue weighted by Gasteiger charge is -2.35. The summed E-state index contributed by atoms with van der Waals surface area (Å²) in [6.07, 6.45) is 0. The maximum absolute atomic E-state index is 12.7. The van der Waals surface area contributed by atoms with Gasteiger partial charge >= 0.3 is 0 Å². The predicted molar refractivity (Wildman–Crippen MR) is 126 cm³/mol. The number of anilines is 2. The zero-order valence-corrected chi connectivity index (χ0v) is 18.3. The second-order valence-electron chi connectivity index (χ2n) is 7.61. The van der Waals surface area contributed by atoms with Crippen molar-refractivity contribution in [3.8, 4) is 0 Å². The van der Waals surface area contributed by atoms with Crippen LogP contribution < -0.4 is 15.5 Å². The van der Waals surface area contributed by atoms with Gasteiger partial charge < -0.3 is 20.4 Å². The number of hydrogen-bond acceptors (Lipinski definition) is 5. The van der Waals surface area contributed by atoms with E-state index in [1.165, 1.54) is 17.0 Å². The Balaban J connectivity index is 1.35. The van der Waals surface area contributed by atoms with Crippen LogP contribution in [0.1, 0.15) is 25.6 Å². The minimum atomic E-state index is -0.146. The van der Waals surface area contributed by atoms with Gasteiger partial charge in [-0.2, -0.15) is 0 Å². The third kappa shape index (κ3) is 5.31. The molecule has 160 valence electrons. The van der Waals surface area contributed by atoms with E-state index >= 15 is 0 Å². The van der Waals surface area contributed by atoms with Crippen LogP contribution >= 0.6 is 11.3 Å². The lowest BCUT2D eigenvalue weighted by atomic mass is 10.1. The Morgan fingerprint density at radius 1 is 0.903 bits per heavy atom. The van der Waals surface area contributed by atoms with Crippen molar-refractivity contribution in [3.63, 3.8) is 0 Å². The Labute approximate surface area is 186 Å². The molecule has 3 aromatic rings. The van der Waals surface area contributed by atoms with E-state index < -0.39 is 0 Å². The Bertz CT molecular complexity index is 1030. The molecule has 0 saturated carbocycles. The normalized spacial score (nSPS) is 14.3. The molecule has 6 nitrogen and oxygen atoms in total. The first kappa shape index (κ1) is 21.1. The van der Waals surface area contributed by atoms with Crippen molar-refractivity contribution in [1.29, 1.82) is 0 Å². The van der Waals surface area contributed by atoms with Crippen molar-refractivity contribution in [2.75, 3.05) is 43.4 Å². The summed E-state index contributed by atoms with van der Waals surface area (Å²) in [7, 11) is 2.14. The number of benzene rings is 2. The van der Waals surface area contributed by atoms with E-state index in [0.717, 1.165) is 31.7 Å². The number of rotatable bonds is 6. The van der Waals surface area contributed by atoms with Gasteiger partial charge in [0.25, 0.3) is 11.8 Å². The fourth-order valence-corrected chi connectivity index (χ4v) is 4.22. The van der Waals surface area contributed by atoms with E-state index in [-0.39, 0.29) is 11.8 Å². The molecule has 2 amide bonds. The van der Waals surface area contributed by atoms with Gasteiger partial charge in [-0.1, -0.05) is 24.3 Å². The van der Waals surface area contributed by atoms with Crippen LogP contribution in [0.3, 0.4) is 0 Å². The molecule has 0 atom stereocenters. The summed E-state index contributed by atoms with van der Waals surface area (Å²) in [6, 6.07) is 18.8. The van der Waals surface area contributed by atoms with Crippen LogP contribution in [0.2, 0.25) is 0 Å². The van der Waals surface area contributed by atoms with Gasteiger partial charge in [0, 0.05) is 49.7 Å². The highest BCUT2D eigenvalue weighted by Gasteiger charge is 2.17. The van der Waals surface area contributed by atoms with E-state index in [0.29, 0.717) is 22.7 Å². The molecule has 2 N–H and O–H groups in total. The molecular formula is C24H26N4O2S. The molecule has 4 rings (SSSR count). The minimum absolute atomic E-state index is 0.135. The molecule has 0 aliphatic carbocycles. The zero-order chi connectivity index (χ0) is 21.6. The molecule has 1 aliphatic heterocycles. The van der Waals surface area contributed by atoms with E-state index in [4.69, 9.17) is 0 Å². The molecule has 1 aromatic heterocycles. The van der Waals surface area contributed by atoms with Gasteiger partial charge in [0.15, 0.2) is 0 Å². The van der Waals surface area contributed by atoms with Crippen LogP contribution in [0.15, 0.2) is 66.0 Å². The van der Waals surface area contributed by atoms with Crippen LogP contribution in [0.25, 0.3) is 0 Å². The number of piperazine rings is 1. The highest BCUT2D eigenvalue weighted by Crippen LogP contribution is 2.22. The van der Waals surface area contributed by atoms with Crippen molar-refractivity contribution in [2.45, 2.75) is 6.54 Å². The Morgan fingerprint density at radius 2 is 1.65 bits per heavy atom. The number of nitrogens with zero attached hydrogens (tertiary/aromatic N) is 2. The molecule has 1 fully saturated rings. The Morgan fingerprint density at radius 3 is 2.35 bits per heavy atom. The van der Waals surface area contributed by atoms with Crippen molar-refractivity contribution in [2.24, 2.45) is 0 Å². The molecule has 0 spiro atoms. The van der Waals surface area contributed by atoms with Crippen LogP contribution in [-0.2, 0) is 6.54 Å². The van der Waals surface area contributed by atoms with E-state index in [1.807, 2.05) is 23.6 Å². The molecule has 2 aromatic carbocycles. The van der Waals surface area contributed by atoms with Gasteiger partial charge in [0.2, 0.25) is 0 Å². The SMILES string of the molecule is CN1CCN(c2ccccc2CNC(=O)c2ccc(NC(=O)c3cccs3)cc2)CC1. The molecule has 0 unspecified atom stereocenters. The molecule has 1 aliphatic rings. The number of carbonyl (C=O) groups is 2. The number of carbonyl (C=O) groups excluding carboxylic acids is 2. The summed E-state index contributed by atoms with van der Waals surface area (Å²) < 4.78 is 0. The van der Waals surface area contributed by atoms with E-state index in [2.05, 4.69) is 39.6 Å². The maximum atomic E-state index is 12.7. The van der Waals surface area contributed by atoms with Gasteiger partial charge in [0.05, 0.1) is 4.88 Å². The number of likely N-dealkylation sites (N-methyl/N-ethyl adjacent to an activating group) is 1. The van der Waals surface area contributed by atoms with Crippen molar-refractivity contribution in [1.82, 2.24) is 10.2 Å². The van der Waals surface area contributed by atoms with Crippen molar-refractivity contribution < 1.29 is 9.59 Å². The summed E-state index contributed by atoms with van der Waals surface area (Å²) in [4.78, 5) is 30.2. The van der Waals surface area contributed by atoms with Crippen LogP contribution in [-0.4, -0.2) is 49.9 Å². The first-order valence-corrected chi connectivity index (χ1v) is 11.2.